The predicted octanol–water partition coefficient (Wildman–Crippen LogP) is 1.89. The largest absolute Gasteiger partial charge is 0.493 e. The maximum Gasteiger partial charge on any atom is 0.203 e. The van der Waals surface area contributed by atoms with Crippen molar-refractivity contribution in [3.8, 4) is 23.3 Å². The first-order chi connectivity index (χ1) is 9.26. The molecule has 0 spiro atoms. The number of hydrogen-bond acceptors (Lipinski definition) is 5. The van der Waals surface area contributed by atoms with Gasteiger partial charge in [0, 0.05) is 6.42 Å². The SMILES string of the molecule is COc1cc(CCN)cc(OC)c1OCCCC#N. The molecule has 2 N–H and O–H groups in total. The predicted molar refractivity (Wildman–Crippen MR) is 72.6 cm³/mol. The van der Waals surface area contributed by atoms with Crippen LogP contribution in [-0.2, 0) is 6.42 Å². The quantitative estimate of drug-likeness (QED) is 0.725. The van der Waals surface area contributed by atoms with E-state index in [0.29, 0.717) is 43.2 Å². The van der Waals surface area contributed by atoms with Crippen LogP contribution < -0.4 is 19.9 Å². The lowest BCUT2D eigenvalue weighted by atomic mass is 10.1. The van der Waals surface area contributed by atoms with Crippen molar-refractivity contribution >= 4 is 0 Å². The van der Waals surface area contributed by atoms with E-state index >= 15 is 0 Å². The molecule has 0 aliphatic rings. The van der Waals surface area contributed by atoms with Crippen LogP contribution in [0, 0.1) is 11.3 Å². The highest BCUT2D eigenvalue weighted by Gasteiger charge is 2.13. The Labute approximate surface area is 113 Å². The average molecular weight is 264 g/mol. The molecule has 0 atom stereocenters. The summed E-state index contributed by atoms with van der Waals surface area (Å²) in [6, 6.07) is 5.88. The van der Waals surface area contributed by atoms with E-state index < -0.39 is 0 Å². The van der Waals surface area contributed by atoms with E-state index in [-0.39, 0.29) is 0 Å². The van der Waals surface area contributed by atoms with Gasteiger partial charge in [-0.3, -0.25) is 0 Å². The van der Waals surface area contributed by atoms with Gasteiger partial charge in [0.15, 0.2) is 11.5 Å². The standard InChI is InChI=1S/C14H20N2O3/c1-17-12-9-11(5-7-16)10-13(18-2)14(12)19-8-4-3-6-15/h9-10H,3-5,7-8,16H2,1-2H3. The highest BCUT2D eigenvalue weighted by Crippen LogP contribution is 2.38. The first-order valence-electron chi connectivity index (χ1n) is 6.21. The van der Waals surface area contributed by atoms with Crippen LogP contribution in [-0.4, -0.2) is 27.4 Å². The van der Waals surface area contributed by atoms with E-state index in [4.69, 9.17) is 25.2 Å². The van der Waals surface area contributed by atoms with Crippen molar-refractivity contribution < 1.29 is 14.2 Å². The van der Waals surface area contributed by atoms with E-state index in [0.717, 1.165) is 12.0 Å². The fraction of sp³-hybridized carbons (Fsp3) is 0.500. The Hall–Kier alpha value is -1.93. The summed E-state index contributed by atoms with van der Waals surface area (Å²) in [7, 11) is 3.17. The highest BCUT2D eigenvalue weighted by atomic mass is 16.5. The number of rotatable bonds is 8. The summed E-state index contributed by atoms with van der Waals surface area (Å²) in [5.41, 5.74) is 6.59. The second kappa shape index (κ2) is 8.22. The smallest absolute Gasteiger partial charge is 0.203 e. The lowest BCUT2D eigenvalue weighted by Gasteiger charge is -2.15. The van der Waals surface area contributed by atoms with E-state index in [1.807, 2.05) is 12.1 Å². The Morgan fingerprint density at radius 1 is 1.21 bits per heavy atom. The van der Waals surface area contributed by atoms with E-state index in [1.165, 1.54) is 0 Å². The number of benzene rings is 1. The molecule has 0 radical (unpaired) electrons. The summed E-state index contributed by atoms with van der Waals surface area (Å²) >= 11 is 0. The molecule has 1 rings (SSSR count). The van der Waals surface area contributed by atoms with Crippen molar-refractivity contribution in [2.75, 3.05) is 27.4 Å². The zero-order chi connectivity index (χ0) is 14.1. The molecule has 0 saturated carbocycles. The lowest BCUT2D eigenvalue weighted by molar-refractivity contribution is 0.271. The van der Waals surface area contributed by atoms with Crippen LogP contribution in [0.1, 0.15) is 18.4 Å². The van der Waals surface area contributed by atoms with Gasteiger partial charge in [0.25, 0.3) is 0 Å². The monoisotopic (exact) mass is 264 g/mol. The molecule has 5 nitrogen and oxygen atoms in total. The Bertz CT molecular complexity index is 416. The second-order valence-corrected chi connectivity index (χ2v) is 3.98. The van der Waals surface area contributed by atoms with Crippen LogP contribution in [0.4, 0.5) is 0 Å². The van der Waals surface area contributed by atoms with Gasteiger partial charge in [-0.15, -0.1) is 0 Å². The van der Waals surface area contributed by atoms with Gasteiger partial charge in [-0.2, -0.15) is 5.26 Å². The molecule has 0 saturated heterocycles. The van der Waals surface area contributed by atoms with Crippen molar-refractivity contribution in [2.45, 2.75) is 19.3 Å². The van der Waals surface area contributed by atoms with Gasteiger partial charge in [0.1, 0.15) is 0 Å². The normalized spacial score (nSPS) is 9.79. The Kier molecular flexibility index (Phi) is 6.55. The first-order valence-corrected chi connectivity index (χ1v) is 6.21. The molecule has 19 heavy (non-hydrogen) atoms. The van der Waals surface area contributed by atoms with E-state index in [1.54, 1.807) is 14.2 Å². The van der Waals surface area contributed by atoms with Crippen LogP contribution >= 0.6 is 0 Å². The zero-order valence-electron chi connectivity index (χ0n) is 11.4. The minimum Gasteiger partial charge on any atom is -0.493 e. The third kappa shape index (κ3) is 4.34. The molecule has 104 valence electrons. The summed E-state index contributed by atoms with van der Waals surface area (Å²) in [5, 5.41) is 8.49. The van der Waals surface area contributed by atoms with Gasteiger partial charge in [0.2, 0.25) is 5.75 Å². The summed E-state index contributed by atoms with van der Waals surface area (Å²) < 4.78 is 16.3. The van der Waals surface area contributed by atoms with Crippen LogP contribution in [0.25, 0.3) is 0 Å². The van der Waals surface area contributed by atoms with Gasteiger partial charge in [0.05, 0.1) is 26.9 Å². The number of hydrogen-bond donors (Lipinski definition) is 1. The van der Waals surface area contributed by atoms with Gasteiger partial charge in [-0.05, 0) is 37.1 Å². The Morgan fingerprint density at radius 3 is 2.32 bits per heavy atom. The Morgan fingerprint density at radius 2 is 1.84 bits per heavy atom. The minimum absolute atomic E-state index is 0.455. The number of nitrogens with zero attached hydrogens (tertiary/aromatic N) is 1. The summed E-state index contributed by atoms with van der Waals surface area (Å²) in [6.45, 7) is 1.02. The number of nitriles is 1. The summed E-state index contributed by atoms with van der Waals surface area (Å²) in [6.07, 6.45) is 1.89. The molecular formula is C14H20N2O3. The number of ether oxygens (including phenoxy) is 3. The molecule has 0 amide bonds. The van der Waals surface area contributed by atoms with Crippen LogP contribution in [0.3, 0.4) is 0 Å². The Balaban J connectivity index is 2.90. The molecule has 0 aromatic heterocycles. The number of nitrogens with two attached hydrogens (primary N) is 1. The molecule has 0 heterocycles. The third-order valence-electron chi connectivity index (χ3n) is 2.63. The first kappa shape index (κ1) is 15.1. The van der Waals surface area contributed by atoms with Crippen LogP contribution in [0.5, 0.6) is 17.2 Å². The topological polar surface area (TPSA) is 77.5 Å². The molecule has 0 fully saturated rings. The van der Waals surface area contributed by atoms with Crippen molar-refractivity contribution in [2.24, 2.45) is 5.73 Å². The van der Waals surface area contributed by atoms with Gasteiger partial charge >= 0.3 is 0 Å². The van der Waals surface area contributed by atoms with Gasteiger partial charge in [-0.1, -0.05) is 0 Å². The molecule has 1 aromatic rings. The van der Waals surface area contributed by atoms with Crippen molar-refractivity contribution in [3.05, 3.63) is 17.7 Å². The molecule has 0 unspecified atom stereocenters. The van der Waals surface area contributed by atoms with Crippen molar-refractivity contribution in [3.63, 3.8) is 0 Å². The van der Waals surface area contributed by atoms with Crippen LogP contribution in [0.15, 0.2) is 12.1 Å². The third-order valence-corrected chi connectivity index (χ3v) is 2.63. The molecular weight excluding hydrogens is 244 g/mol. The fourth-order valence-corrected chi connectivity index (χ4v) is 1.71. The van der Waals surface area contributed by atoms with Gasteiger partial charge in [-0.25, -0.2) is 0 Å². The number of methoxy groups -OCH3 is 2. The molecule has 1 aromatic carbocycles. The average Bonchev–Trinajstić information content (AvgIpc) is 2.44. The molecule has 5 heteroatoms. The molecule has 0 aliphatic carbocycles. The van der Waals surface area contributed by atoms with Crippen LogP contribution in [0.2, 0.25) is 0 Å². The highest BCUT2D eigenvalue weighted by molar-refractivity contribution is 5.54. The minimum atomic E-state index is 0.455. The maximum absolute atomic E-state index is 8.49. The molecule has 0 aliphatic heterocycles. The summed E-state index contributed by atoms with van der Waals surface area (Å²) in [5.74, 6) is 1.82. The molecule has 0 bridgehead atoms. The lowest BCUT2D eigenvalue weighted by Crippen LogP contribution is -2.05. The van der Waals surface area contributed by atoms with E-state index in [2.05, 4.69) is 6.07 Å². The van der Waals surface area contributed by atoms with Gasteiger partial charge < -0.3 is 19.9 Å². The zero-order valence-corrected chi connectivity index (χ0v) is 11.4. The second-order valence-electron chi connectivity index (χ2n) is 3.98. The van der Waals surface area contributed by atoms with Crippen molar-refractivity contribution in [1.29, 1.82) is 5.26 Å². The van der Waals surface area contributed by atoms with Crippen molar-refractivity contribution in [1.82, 2.24) is 0 Å². The fourth-order valence-electron chi connectivity index (χ4n) is 1.71. The number of unbranched alkanes of at least 4 members (excludes halogenated alkanes) is 1. The van der Waals surface area contributed by atoms with E-state index in [9.17, 15) is 0 Å². The summed E-state index contributed by atoms with van der Waals surface area (Å²) in [4.78, 5) is 0. The maximum atomic E-state index is 8.49.